The lowest BCUT2D eigenvalue weighted by Gasteiger charge is -2.53. The van der Waals surface area contributed by atoms with E-state index in [0.29, 0.717) is 45.4 Å². The number of rotatable bonds is 20. The molecule has 1 fully saturated rings. The van der Waals surface area contributed by atoms with Crippen LogP contribution in [0.2, 0.25) is 18.1 Å². The summed E-state index contributed by atoms with van der Waals surface area (Å²) in [5.74, 6) is 0.835. The van der Waals surface area contributed by atoms with Crippen molar-refractivity contribution in [2.45, 2.75) is 110 Å². The lowest BCUT2D eigenvalue weighted by atomic mass is 9.81. The molecule has 1 N–H and O–H groups in total. The molecule has 2 heterocycles. The minimum absolute atomic E-state index is 0.0174. The van der Waals surface area contributed by atoms with E-state index >= 15 is 4.79 Å². The molecule has 0 spiro atoms. The van der Waals surface area contributed by atoms with Crippen molar-refractivity contribution in [1.29, 1.82) is 0 Å². The van der Waals surface area contributed by atoms with Crippen LogP contribution in [0, 0.1) is 13.8 Å². The molecule has 350 valence electrons. The summed E-state index contributed by atoms with van der Waals surface area (Å²) >= 11 is 0. The second-order valence-corrected chi connectivity index (χ2v) is 22.7. The summed E-state index contributed by atoms with van der Waals surface area (Å²) in [6.45, 7) is 26.1. The zero-order valence-corrected chi connectivity index (χ0v) is 40.7. The Kier molecular flexibility index (Phi) is 16.6. The highest BCUT2D eigenvalue weighted by Crippen LogP contribution is 2.57. The van der Waals surface area contributed by atoms with Crippen LogP contribution < -0.4 is 28.7 Å². The minimum atomic E-state index is -2.36. The number of methoxy groups -OCH3 is 3. The summed E-state index contributed by atoms with van der Waals surface area (Å²) in [6.07, 6.45) is 1.55. The van der Waals surface area contributed by atoms with Gasteiger partial charge >= 0.3 is 6.09 Å². The number of ether oxygens (including phenoxy) is 9. The smallest absolute Gasteiger partial charge is 0.408 e. The van der Waals surface area contributed by atoms with Gasteiger partial charge in [-0.1, -0.05) is 82.5 Å². The average molecular weight is 905 g/mol. The Morgan fingerprint density at radius 3 is 2.25 bits per heavy atom. The van der Waals surface area contributed by atoms with E-state index in [4.69, 9.17) is 47.1 Å². The van der Waals surface area contributed by atoms with Gasteiger partial charge in [-0.2, -0.15) is 0 Å². The van der Waals surface area contributed by atoms with Crippen LogP contribution in [-0.4, -0.2) is 97.6 Å². The SMILES string of the molecule is C=CCOC(=O)N[C@H](Cc1cc(C)c(OC)c(O[Si](C)(C)C(C)(C)C)c1)C(=O)N1[C@@H]2COC(C)(C)O[C@@H]2c2c(OCC=C)c(C)c(OC)c(OCOC)c2[C@@H]1COCc1ccccc1. The van der Waals surface area contributed by atoms with Gasteiger partial charge in [0.2, 0.25) is 5.91 Å². The summed E-state index contributed by atoms with van der Waals surface area (Å²) in [5.41, 5.74) is 4.30. The Hall–Kier alpha value is -5.06. The Morgan fingerprint density at radius 1 is 0.938 bits per heavy atom. The number of hydrogen-bond acceptors (Lipinski definition) is 12. The van der Waals surface area contributed by atoms with Gasteiger partial charge in [0.25, 0.3) is 8.32 Å². The highest BCUT2D eigenvalue weighted by atomic mass is 28.4. The predicted molar refractivity (Wildman–Crippen MR) is 247 cm³/mol. The topological polar surface area (TPSA) is 142 Å². The van der Waals surface area contributed by atoms with E-state index in [1.54, 1.807) is 25.2 Å². The molecule has 64 heavy (non-hydrogen) atoms. The van der Waals surface area contributed by atoms with Crippen LogP contribution in [0.1, 0.15) is 80.1 Å². The molecule has 4 atom stereocenters. The van der Waals surface area contributed by atoms with E-state index in [9.17, 15) is 4.79 Å². The second-order valence-electron chi connectivity index (χ2n) is 18.0. The zero-order valence-electron chi connectivity index (χ0n) is 39.7. The van der Waals surface area contributed by atoms with Crippen molar-refractivity contribution >= 4 is 20.3 Å². The number of benzene rings is 3. The van der Waals surface area contributed by atoms with Crippen LogP contribution in [0.4, 0.5) is 4.79 Å². The van der Waals surface area contributed by atoms with Crippen LogP contribution in [0.15, 0.2) is 67.8 Å². The van der Waals surface area contributed by atoms with Gasteiger partial charge < -0.3 is 57.3 Å². The van der Waals surface area contributed by atoms with E-state index in [-0.39, 0.29) is 51.3 Å². The van der Waals surface area contributed by atoms with Crippen molar-refractivity contribution in [3.8, 4) is 28.7 Å². The number of alkyl carbamates (subject to hydrolysis) is 1. The number of amides is 2. The summed E-state index contributed by atoms with van der Waals surface area (Å²) in [6, 6.07) is 10.7. The molecule has 5 rings (SSSR count). The van der Waals surface area contributed by atoms with E-state index < -0.39 is 50.3 Å². The van der Waals surface area contributed by atoms with E-state index in [0.717, 1.165) is 16.7 Å². The molecule has 2 amide bonds. The summed E-state index contributed by atoms with van der Waals surface area (Å²) in [4.78, 5) is 31.2. The number of fused-ring (bicyclic) bond motifs is 3. The van der Waals surface area contributed by atoms with Crippen LogP contribution in [0.25, 0.3) is 0 Å². The van der Waals surface area contributed by atoms with Crippen molar-refractivity contribution in [2.75, 3.05) is 54.5 Å². The van der Waals surface area contributed by atoms with Crippen molar-refractivity contribution in [2.24, 2.45) is 0 Å². The van der Waals surface area contributed by atoms with Crippen molar-refractivity contribution < 1.29 is 56.6 Å². The monoisotopic (exact) mass is 904 g/mol. The van der Waals surface area contributed by atoms with Crippen molar-refractivity contribution in [1.82, 2.24) is 10.2 Å². The Bertz CT molecular complexity index is 2120. The molecular weight excluding hydrogens is 837 g/mol. The van der Waals surface area contributed by atoms with E-state index in [2.05, 4.69) is 52.3 Å². The molecule has 0 unspecified atom stereocenters. The molecule has 15 heteroatoms. The minimum Gasteiger partial charge on any atom is -0.541 e. The Balaban J connectivity index is 1.76. The third kappa shape index (κ3) is 11.2. The van der Waals surface area contributed by atoms with E-state index in [1.165, 1.54) is 13.2 Å². The fourth-order valence-electron chi connectivity index (χ4n) is 7.90. The number of carbonyl (C=O) groups excluding carboxylic acids is 2. The average Bonchev–Trinajstić information content (AvgIpc) is 3.23. The molecule has 3 aromatic rings. The van der Waals surface area contributed by atoms with Gasteiger partial charge in [0.05, 0.1) is 46.1 Å². The molecule has 0 saturated carbocycles. The lowest BCUT2D eigenvalue weighted by molar-refractivity contribution is -0.301. The van der Waals surface area contributed by atoms with Gasteiger partial charge in [-0.15, -0.1) is 0 Å². The van der Waals surface area contributed by atoms with Gasteiger partial charge in [-0.3, -0.25) is 4.79 Å². The number of nitrogens with zero attached hydrogens (tertiary/aromatic N) is 1. The fraction of sp³-hybridized carbons (Fsp3) is 0.510. The van der Waals surface area contributed by atoms with Crippen molar-refractivity contribution in [3.05, 3.63) is 101 Å². The number of hydrogen-bond donors (Lipinski definition) is 1. The summed E-state index contributed by atoms with van der Waals surface area (Å²) in [7, 11) is 2.31. The first-order valence-corrected chi connectivity index (χ1v) is 24.5. The van der Waals surface area contributed by atoms with E-state index in [1.807, 2.05) is 70.2 Å². The molecule has 2 aliphatic heterocycles. The van der Waals surface area contributed by atoms with Crippen LogP contribution >= 0.6 is 0 Å². The van der Waals surface area contributed by atoms with Gasteiger partial charge in [0.1, 0.15) is 36.9 Å². The normalized spacial score (nSPS) is 18.4. The number of nitrogens with one attached hydrogen (secondary N) is 1. The molecule has 0 bridgehead atoms. The molecule has 0 aliphatic carbocycles. The van der Waals surface area contributed by atoms with Gasteiger partial charge in [-0.25, -0.2) is 4.79 Å². The van der Waals surface area contributed by atoms with Crippen LogP contribution in [0.3, 0.4) is 0 Å². The quantitative estimate of drug-likeness (QED) is 0.0657. The highest BCUT2D eigenvalue weighted by Gasteiger charge is 2.54. The first-order valence-electron chi connectivity index (χ1n) is 21.6. The first kappa shape index (κ1) is 49.9. The molecule has 1 saturated heterocycles. The summed E-state index contributed by atoms with van der Waals surface area (Å²) < 4.78 is 62.4. The molecule has 0 radical (unpaired) electrons. The molecule has 14 nitrogen and oxygen atoms in total. The largest absolute Gasteiger partial charge is 0.541 e. The van der Waals surface area contributed by atoms with Crippen molar-refractivity contribution in [3.63, 3.8) is 0 Å². The number of aryl methyl sites for hydroxylation is 1. The maximum atomic E-state index is 15.9. The fourth-order valence-corrected chi connectivity index (χ4v) is 8.91. The zero-order chi connectivity index (χ0) is 47.0. The van der Waals surface area contributed by atoms with Gasteiger partial charge in [0, 0.05) is 30.2 Å². The third-order valence-electron chi connectivity index (χ3n) is 11.9. The molecule has 2 aliphatic rings. The molecule has 0 aromatic heterocycles. The lowest BCUT2D eigenvalue weighted by Crippen LogP contribution is -2.62. The van der Waals surface area contributed by atoms with Crippen LogP contribution in [0.5, 0.6) is 28.7 Å². The standard InChI is InChI=1S/C49H68N2O12Si/c1-15-22-58-42-32(4)43(56-12)45(60-30-54-10)39-36(28-57-27-33-20-18-17-19-21-33)51(37-29-61-49(8,9)62-44(37)40(39)42)46(52)35(50-47(53)59-23-16-2)25-34-24-31(3)41(55-11)38(26-34)63-64(13,14)48(5,6)7/h15-21,24,26,35-37,44H,1-2,22-23,25,27-30H2,3-14H3,(H,50,53)/t35-,36+,37-,44+/m1/s1. The second kappa shape index (κ2) is 21.3. The molecular formula is C49H68N2O12Si. The maximum absolute atomic E-state index is 15.9. The Labute approximate surface area is 380 Å². The third-order valence-corrected chi connectivity index (χ3v) is 16.2. The molecule has 3 aromatic carbocycles. The summed E-state index contributed by atoms with van der Waals surface area (Å²) in [5, 5.41) is 2.78. The maximum Gasteiger partial charge on any atom is 0.408 e. The Morgan fingerprint density at radius 2 is 1.62 bits per heavy atom. The number of carbonyl (C=O) groups is 2. The highest BCUT2D eigenvalue weighted by molar-refractivity contribution is 6.74. The van der Waals surface area contributed by atoms with Gasteiger partial charge in [-0.05, 0) is 68.6 Å². The van der Waals surface area contributed by atoms with Gasteiger partial charge in [0.15, 0.2) is 29.8 Å². The predicted octanol–water partition coefficient (Wildman–Crippen LogP) is 9.07. The first-order chi connectivity index (χ1) is 30.3. The van der Waals surface area contributed by atoms with Crippen LogP contribution in [-0.2, 0) is 41.5 Å².